The highest BCUT2D eigenvalue weighted by Crippen LogP contribution is 2.35. The van der Waals surface area contributed by atoms with E-state index in [0.29, 0.717) is 53.4 Å². The van der Waals surface area contributed by atoms with Gasteiger partial charge in [0.15, 0.2) is 11.5 Å². The molecule has 3 N–H and O–H groups in total. The maximum absolute atomic E-state index is 12.2. The molecule has 2 aromatic heterocycles. The van der Waals surface area contributed by atoms with Gasteiger partial charge in [-0.3, -0.25) is 5.10 Å². The van der Waals surface area contributed by atoms with Gasteiger partial charge in [-0.15, -0.1) is 0 Å². The van der Waals surface area contributed by atoms with E-state index < -0.39 is 0 Å². The van der Waals surface area contributed by atoms with E-state index >= 15 is 0 Å². The Hall–Kier alpha value is -5.12. The third-order valence-electron chi connectivity index (χ3n) is 5.50. The average molecular weight is 480 g/mol. The number of anilines is 2. The summed E-state index contributed by atoms with van der Waals surface area (Å²) in [4.78, 5) is 16.7. The minimum atomic E-state index is -0.330. The molecule has 0 atom stereocenters. The molecule has 10 nitrogen and oxygen atoms in total. The fraction of sp³-hybridized carbons (Fsp3) is 0.0769. The van der Waals surface area contributed by atoms with Crippen LogP contribution >= 0.6 is 0 Å². The van der Waals surface area contributed by atoms with Crippen LogP contribution in [0, 0.1) is 0 Å². The van der Waals surface area contributed by atoms with Crippen molar-refractivity contribution in [3.63, 3.8) is 0 Å². The minimum Gasteiger partial charge on any atom is -0.486 e. The van der Waals surface area contributed by atoms with Crippen LogP contribution in [0.25, 0.3) is 34.2 Å². The van der Waals surface area contributed by atoms with Crippen molar-refractivity contribution >= 4 is 17.4 Å². The number of ether oxygens (including phenoxy) is 2. The van der Waals surface area contributed by atoms with E-state index in [-0.39, 0.29) is 6.03 Å². The number of nitrogens with one attached hydrogen (secondary N) is 3. The summed E-state index contributed by atoms with van der Waals surface area (Å²) in [5, 5.41) is 17.0. The standard InChI is InChI=1S/C26H20N6O4/c33-26(27-18-4-2-1-3-5-18)28-19-9-6-16(7-10-19)24-29-25(36-32-24)21-15-20(30-31-21)17-8-11-22-23(14-17)35-13-12-34-22/h1-11,14-15H,12-13H2,(H,30,31)(H2,27,28,33). The monoisotopic (exact) mass is 480 g/mol. The number of urea groups is 1. The van der Waals surface area contributed by atoms with Crippen molar-refractivity contribution in [3.8, 4) is 45.7 Å². The van der Waals surface area contributed by atoms with Crippen molar-refractivity contribution in [1.82, 2.24) is 20.3 Å². The van der Waals surface area contributed by atoms with Crippen LogP contribution in [0.15, 0.2) is 83.4 Å². The van der Waals surface area contributed by atoms with Crippen molar-refractivity contribution < 1.29 is 18.8 Å². The van der Waals surface area contributed by atoms with E-state index in [9.17, 15) is 4.79 Å². The first kappa shape index (κ1) is 21.4. The number of fused-ring (bicyclic) bond motifs is 1. The molecule has 0 saturated carbocycles. The summed E-state index contributed by atoms with van der Waals surface area (Å²) in [6.45, 7) is 1.06. The number of rotatable bonds is 5. The lowest BCUT2D eigenvalue weighted by Crippen LogP contribution is -2.19. The van der Waals surface area contributed by atoms with Gasteiger partial charge in [-0.05, 0) is 60.7 Å². The maximum atomic E-state index is 12.2. The van der Waals surface area contributed by atoms with Gasteiger partial charge in [0.05, 0.1) is 5.69 Å². The molecular weight excluding hydrogens is 460 g/mol. The van der Waals surface area contributed by atoms with Gasteiger partial charge in [0.25, 0.3) is 5.89 Å². The first-order valence-electron chi connectivity index (χ1n) is 11.2. The van der Waals surface area contributed by atoms with Crippen molar-refractivity contribution in [3.05, 3.63) is 78.9 Å². The molecule has 5 aromatic rings. The Morgan fingerprint density at radius 3 is 2.33 bits per heavy atom. The molecule has 3 aromatic carbocycles. The summed E-state index contributed by atoms with van der Waals surface area (Å²) in [7, 11) is 0. The van der Waals surface area contributed by atoms with Crippen molar-refractivity contribution in [2.45, 2.75) is 0 Å². The highest BCUT2D eigenvalue weighted by atomic mass is 16.6. The molecule has 0 spiro atoms. The first-order chi connectivity index (χ1) is 17.7. The molecule has 0 fully saturated rings. The zero-order chi connectivity index (χ0) is 24.3. The van der Waals surface area contributed by atoms with Gasteiger partial charge in [-0.1, -0.05) is 23.4 Å². The van der Waals surface area contributed by atoms with Crippen LogP contribution in [-0.2, 0) is 0 Å². The molecule has 0 unspecified atom stereocenters. The van der Waals surface area contributed by atoms with E-state index in [1.165, 1.54) is 0 Å². The van der Waals surface area contributed by atoms with Gasteiger partial charge in [0, 0.05) is 22.5 Å². The molecule has 6 rings (SSSR count). The molecule has 0 aliphatic carbocycles. The Morgan fingerprint density at radius 1 is 0.806 bits per heavy atom. The second-order valence-corrected chi connectivity index (χ2v) is 7.97. The SMILES string of the molecule is O=C(Nc1ccccc1)Nc1ccc(-c2noc(-c3cc(-c4ccc5c(c4)OCCO5)n[nH]3)n2)cc1. The summed E-state index contributed by atoms with van der Waals surface area (Å²) in [6, 6.07) is 23.6. The normalized spacial score (nSPS) is 12.2. The van der Waals surface area contributed by atoms with Crippen LogP contribution < -0.4 is 20.1 Å². The highest BCUT2D eigenvalue weighted by molar-refractivity contribution is 5.99. The van der Waals surface area contributed by atoms with Gasteiger partial charge in [-0.25, -0.2) is 4.79 Å². The lowest BCUT2D eigenvalue weighted by Gasteiger charge is -2.18. The molecule has 2 amide bonds. The molecule has 1 aliphatic rings. The zero-order valence-corrected chi connectivity index (χ0v) is 18.9. The molecule has 1 aliphatic heterocycles. The number of benzene rings is 3. The Bertz CT molecular complexity index is 1510. The van der Waals surface area contributed by atoms with E-state index in [2.05, 4.69) is 31.0 Å². The topological polar surface area (TPSA) is 127 Å². The Labute approximate surface area is 205 Å². The Kier molecular flexibility index (Phi) is 5.51. The van der Waals surface area contributed by atoms with Crippen LogP contribution in [0.2, 0.25) is 0 Å². The third kappa shape index (κ3) is 4.47. The summed E-state index contributed by atoms with van der Waals surface area (Å²) < 4.78 is 16.7. The third-order valence-corrected chi connectivity index (χ3v) is 5.50. The molecule has 3 heterocycles. The highest BCUT2D eigenvalue weighted by Gasteiger charge is 2.17. The van der Waals surface area contributed by atoms with E-state index in [4.69, 9.17) is 14.0 Å². The number of nitrogens with zero attached hydrogens (tertiary/aromatic N) is 3. The van der Waals surface area contributed by atoms with Crippen LogP contribution in [0.4, 0.5) is 16.2 Å². The number of amides is 2. The van der Waals surface area contributed by atoms with E-state index in [1.807, 2.05) is 54.6 Å². The fourth-order valence-electron chi connectivity index (χ4n) is 3.75. The lowest BCUT2D eigenvalue weighted by molar-refractivity contribution is 0.171. The van der Waals surface area contributed by atoms with Gasteiger partial charge in [0.2, 0.25) is 5.82 Å². The Balaban J connectivity index is 1.14. The summed E-state index contributed by atoms with van der Waals surface area (Å²) in [5.41, 5.74) is 4.27. The summed E-state index contributed by atoms with van der Waals surface area (Å²) in [6.07, 6.45) is 0. The molecular formula is C26H20N6O4. The molecule has 0 bridgehead atoms. The second-order valence-electron chi connectivity index (χ2n) is 7.97. The van der Waals surface area contributed by atoms with Crippen LogP contribution in [0.1, 0.15) is 0 Å². The number of para-hydroxylation sites is 1. The number of H-pyrrole nitrogens is 1. The lowest BCUT2D eigenvalue weighted by atomic mass is 10.1. The van der Waals surface area contributed by atoms with Crippen molar-refractivity contribution in [2.75, 3.05) is 23.8 Å². The van der Waals surface area contributed by atoms with Crippen molar-refractivity contribution in [1.29, 1.82) is 0 Å². The number of carbonyl (C=O) groups is 1. The number of hydrogen-bond donors (Lipinski definition) is 3. The first-order valence-corrected chi connectivity index (χ1v) is 11.2. The van der Waals surface area contributed by atoms with Gasteiger partial charge < -0.3 is 24.6 Å². The molecule has 10 heteroatoms. The molecule has 36 heavy (non-hydrogen) atoms. The molecule has 0 radical (unpaired) electrons. The van der Waals surface area contributed by atoms with E-state index in [1.54, 1.807) is 24.3 Å². The largest absolute Gasteiger partial charge is 0.486 e. The number of aromatic amines is 1. The van der Waals surface area contributed by atoms with Crippen molar-refractivity contribution in [2.24, 2.45) is 0 Å². The minimum absolute atomic E-state index is 0.311. The predicted molar refractivity (Wildman–Crippen MR) is 133 cm³/mol. The fourth-order valence-corrected chi connectivity index (χ4v) is 3.75. The summed E-state index contributed by atoms with van der Waals surface area (Å²) in [5.74, 6) is 2.14. The van der Waals surface area contributed by atoms with Gasteiger partial charge in [-0.2, -0.15) is 10.1 Å². The quantitative estimate of drug-likeness (QED) is 0.315. The average Bonchev–Trinajstić information content (AvgIpc) is 3.60. The second kappa shape index (κ2) is 9.26. The van der Waals surface area contributed by atoms with Gasteiger partial charge in [0.1, 0.15) is 18.9 Å². The molecule has 0 saturated heterocycles. The maximum Gasteiger partial charge on any atom is 0.323 e. The van der Waals surface area contributed by atoms with Gasteiger partial charge >= 0.3 is 6.03 Å². The van der Waals surface area contributed by atoms with Crippen LogP contribution in [0.3, 0.4) is 0 Å². The van der Waals surface area contributed by atoms with Crippen LogP contribution in [-0.4, -0.2) is 39.6 Å². The molecule has 178 valence electrons. The Morgan fingerprint density at radius 2 is 1.53 bits per heavy atom. The number of carbonyl (C=O) groups excluding carboxylic acids is 1. The number of aromatic nitrogens is 4. The summed E-state index contributed by atoms with van der Waals surface area (Å²) >= 11 is 0. The van der Waals surface area contributed by atoms with E-state index in [0.717, 1.165) is 16.9 Å². The predicted octanol–water partition coefficient (Wildman–Crippen LogP) is 5.21. The number of hydrogen-bond acceptors (Lipinski definition) is 7. The smallest absolute Gasteiger partial charge is 0.323 e. The van der Waals surface area contributed by atoms with Crippen LogP contribution in [0.5, 0.6) is 11.5 Å². The zero-order valence-electron chi connectivity index (χ0n) is 18.9.